The Labute approximate surface area is 130 Å². The van der Waals surface area contributed by atoms with Crippen LogP contribution in [0.25, 0.3) is 0 Å². The molecule has 1 fully saturated rings. The highest BCUT2D eigenvalue weighted by atomic mass is 16.5. The van der Waals surface area contributed by atoms with Crippen molar-refractivity contribution < 1.29 is 19.4 Å². The summed E-state index contributed by atoms with van der Waals surface area (Å²) in [6.45, 7) is 2.32. The van der Waals surface area contributed by atoms with Gasteiger partial charge in [0.15, 0.2) is 0 Å². The van der Waals surface area contributed by atoms with Gasteiger partial charge in [0.1, 0.15) is 5.75 Å². The Morgan fingerprint density at radius 1 is 1.27 bits per heavy atom. The van der Waals surface area contributed by atoms with Crippen molar-refractivity contribution in [3.05, 3.63) is 29.8 Å². The third kappa shape index (κ3) is 4.00. The maximum Gasteiger partial charge on any atom is 0.308 e. The van der Waals surface area contributed by atoms with E-state index in [2.05, 4.69) is 0 Å². The number of hydrogen-bond donors (Lipinski definition) is 1. The number of rotatable bonds is 5. The Morgan fingerprint density at radius 2 is 1.95 bits per heavy atom. The summed E-state index contributed by atoms with van der Waals surface area (Å²) in [5, 5.41) is 9.13. The van der Waals surface area contributed by atoms with E-state index in [1.807, 2.05) is 31.2 Å². The first-order valence-electron chi connectivity index (χ1n) is 7.66. The van der Waals surface area contributed by atoms with Gasteiger partial charge in [0.2, 0.25) is 5.91 Å². The van der Waals surface area contributed by atoms with Crippen molar-refractivity contribution in [1.29, 1.82) is 0 Å². The van der Waals surface area contributed by atoms with E-state index in [1.165, 1.54) is 0 Å². The molecule has 120 valence electrons. The molecule has 0 spiro atoms. The number of amides is 1. The number of likely N-dealkylation sites (tertiary alicyclic amines) is 1. The van der Waals surface area contributed by atoms with Gasteiger partial charge in [-0.25, -0.2) is 0 Å². The number of carboxylic acid groups (broad SMARTS) is 1. The predicted octanol–water partition coefficient (Wildman–Crippen LogP) is 2.34. The highest BCUT2D eigenvalue weighted by molar-refractivity contribution is 5.78. The second-order valence-electron chi connectivity index (χ2n) is 5.86. The van der Waals surface area contributed by atoms with Crippen molar-refractivity contribution in [2.45, 2.75) is 38.6 Å². The molecule has 0 aliphatic carbocycles. The number of benzene rings is 1. The molecule has 5 nitrogen and oxygen atoms in total. The molecule has 1 N–H and O–H groups in total. The van der Waals surface area contributed by atoms with Crippen molar-refractivity contribution in [1.82, 2.24) is 4.90 Å². The maximum atomic E-state index is 12.4. The normalized spacial score (nSPS) is 21.5. The molecule has 1 aromatic carbocycles. The summed E-state index contributed by atoms with van der Waals surface area (Å²) in [7, 11) is 1.62. The summed E-state index contributed by atoms with van der Waals surface area (Å²) >= 11 is 0. The number of aliphatic carboxylic acids is 1. The first-order valence-corrected chi connectivity index (χ1v) is 7.66. The van der Waals surface area contributed by atoms with Gasteiger partial charge < -0.3 is 14.7 Å². The van der Waals surface area contributed by atoms with Crippen LogP contribution in [-0.4, -0.2) is 41.6 Å². The summed E-state index contributed by atoms with van der Waals surface area (Å²) in [6, 6.07) is 7.78. The second kappa shape index (κ2) is 7.29. The van der Waals surface area contributed by atoms with Crippen molar-refractivity contribution in [3.63, 3.8) is 0 Å². The van der Waals surface area contributed by atoms with Gasteiger partial charge in [-0.1, -0.05) is 12.1 Å². The third-order valence-electron chi connectivity index (χ3n) is 4.34. The number of methoxy groups -OCH3 is 1. The summed E-state index contributed by atoms with van der Waals surface area (Å²) in [5.74, 6) is -0.403. The van der Waals surface area contributed by atoms with E-state index in [4.69, 9.17) is 9.84 Å². The molecule has 1 saturated heterocycles. The zero-order valence-electron chi connectivity index (χ0n) is 13.1. The standard InChI is InChI=1S/C17H23NO4/c1-12-3-7-14(17(20)21)11-18(12)16(19)10-6-13-4-8-15(22-2)9-5-13/h4-5,8-9,12,14H,3,6-7,10-11H2,1-2H3,(H,20,21). The van der Waals surface area contributed by atoms with Crippen LogP contribution in [0.3, 0.4) is 0 Å². The van der Waals surface area contributed by atoms with Gasteiger partial charge in [-0.2, -0.15) is 0 Å². The Balaban J connectivity index is 1.91. The van der Waals surface area contributed by atoms with E-state index in [1.54, 1.807) is 12.0 Å². The smallest absolute Gasteiger partial charge is 0.308 e. The highest BCUT2D eigenvalue weighted by Crippen LogP contribution is 2.23. The fourth-order valence-corrected chi connectivity index (χ4v) is 2.84. The molecule has 0 bridgehead atoms. The average molecular weight is 305 g/mol. The number of carbonyl (C=O) groups is 2. The Morgan fingerprint density at radius 3 is 2.55 bits per heavy atom. The molecular weight excluding hydrogens is 282 g/mol. The number of carbonyl (C=O) groups excluding carboxylic acids is 1. The minimum Gasteiger partial charge on any atom is -0.497 e. The molecule has 1 aliphatic heterocycles. The molecule has 5 heteroatoms. The van der Waals surface area contributed by atoms with Crippen molar-refractivity contribution in [3.8, 4) is 5.75 Å². The Hall–Kier alpha value is -2.04. The molecule has 22 heavy (non-hydrogen) atoms. The number of carboxylic acids is 1. The predicted molar refractivity (Wildman–Crippen MR) is 82.8 cm³/mol. The highest BCUT2D eigenvalue weighted by Gasteiger charge is 2.32. The van der Waals surface area contributed by atoms with Crippen LogP contribution >= 0.6 is 0 Å². The Kier molecular flexibility index (Phi) is 5.41. The molecule has 0 aromatic heterocycles. The minimum absolute atomic E-state index is 0.0364. The van der Waals surface area contributed by atoms with Crippen LogP contribution in [-0.2, 0) is 16.0 Å². The van der Waals surface area contributed by atoms with Gasteiger partial charge >= 0.3 is 5.97 Å². The summed E-state index contributed by atoms with van der Waals surface area (Å²) in [4.78, 5) is 25.2. The second-order valence-corrected chi connectivity index (χ2v) is 5.86. The lowest BCUT2D eigenvalue weighted by Crippen LogP contribution is -2.47. The molecule has 1 aliphatic rings. The van der Waals surface area contributed by atoms with E-state index in [0.717, 1.165) is 17.7 Å². The van der Waals surface area contributed by atoms with Crippen LogP contribution in [0.4, 0.5) is 0 Å². The van der Waals surface area contributed by atoms with Gasteiger partial charge in [0, 0.05) is 19.0 Å². The Bertz CT molecular complexity index is 526. The SMILES string of the molecule is COc1ccc(CCC(=O)N2CC(C(=O)O)CCC2C)cc1. The fourth-order valence-electron chi connectivity index (χ4n) is 2.84. The number of aryl methyl sites for hydroxylation is 1. The van der Waals surface area contributed by atoms with E-state index >= 15 is 0 Å². The van der Waals surface area contributed by atoms with Crippen LogP contribution in [0.1, 0.15) is 31.7 Å². The average Bonchev–Trinajstić information content (AvgIpc) is 2.53. The van der Waals surface area contributed by atoms with E-state index < -0.39 is 11.9 Å². The maximum absolute atomic E-state index is 12.4. The lowest BCUT2D eigenvalue weighted by atomic mass is 9.93. The molecule has 2 atom stereocenters. The van der Waals surface area contributed by atoms with E-state index in [-0.39, 0.29) is 11.9 Å². The molecule has 0 radical (unpaired) electrons. The number of hydrogen-bond acceptors (Lipinski definition) is 3. The van der Waals surface area contributed by atoms with Gasteiger partial charge in [-0.3, -0.25) is 9.59 Å². The van der Waals surface area contributed by atoms with Crippen LogP contribution in [0, 0.1) is 5.92 Å². The molecule has 0 saturated carbocycles. The van der Waals surface area contributed by atoms with Crippen LogP contribution in [0.5, 0.6) is 5.75 Å². The number of nitrogens with zero attached hydrogens (tertiary/aromatic N) is 1. The van der Waals surface area contributed by atoms with Crippen LogP contribution < -0.4 is 4.74 Å². The fraction of sp³-hybridized carbons (Fsp3) is 0.529. The lowest BCUT2D eigenvalue weighted by molar-refractivity contribution is -0.147. The summed E-state index contributed by atoms with van der Waals surface area (Å²) < 4.78 is 5.11. The van der Waals surface area contributed by atoms with Gasteiger partial charge in [0.25, 0.3) is 0 Å². The summed E-state index contributed by atoms with van der Waals surface area (Å²) in [6.07, 6.45) is 2.47. The third-order valence-corrected chi connectivity index (χ3v) is 4.34. The molecule has 1 aromatic rings. The van der Waals surface area contributed by atoms with Crippen LogP contribution in [0.2, 0.25) is 0 Å². The molecule has 1 heterocycles. The molecule has 2 rings (SSSR count). The molecule has 1 amide bonds. The quantitative estimate of drug-likeness (QED) is 0.906. The van der Waals surface area contributed by atoms with Crippen molar-refractivity contribution in [2.24, 2.45) is 5.92 Å². The number of ether oxygens (including phenoxy) is 1. The zero-order valence-corrected chi connectivity index (χ0v) is 13.1. The molecular formula is C17H23NO4. The van der Waals surface area contributed by atoms with Gasteiger partial charge in [-0.15, -0.1) is 0 Å². The monoisotopic (exact) mass is 305 g/mol. The van der Waals surface area contributed by atoms with Gasteiger partial charge in [0.05, 0.1) is 13.0 Å². The molecule has 2 unspecified atom stereocenters. The van der Waals surface area contributed by atoms with E-state index in [0.29, 0.717) is 25.8 Å². The van der Waals surface area contributed by atoms with Gasteiger partial charge in [-0.05, 0) is 43.9 Å². The largest absolute Gasteiger partial charge is 0.497 e. The van der Waals surface area contributed by atoms with Crippen molar-refractivity contribution >= 4 is 11.9 Å². The lowest BCUT2D eigenvalue weighted by Gasteiger charge is -2.36. The van der Waals surface area contributed by atoms with E-state index in [9.17, 15) is 9.59 Å². The van der Waals surface area contributed by atoms with Crippen LogP contribution in [0.15, 0.2) is 24.3 Å². The first kappa shape index (κ1) is 16.3. The summed E-state index contributed by atoms with van der Waals surface area (Å²) in [5.41, 5.74) is 1.08. The minimum atomic E-state index is -0.806. The first-order chi connectivity index (χ1) is 10.5. The van der Waals surface area contributed by atoms with Crippen molar-refractivity contribution in [2.75, 3.05) is 13.7 Å². The number of piperidine rings is 1. The zero-order chi connectivity index (χ0) is 16.1. The topological polar surface area (TPSA) is 66.8 Å².